The van der Waals surface area contributed by atoms with Gasteiger partial charge in [0.25, 0.3) is 0 Å². The lowest BCUT2D eigenvalue weighted by Gasteiger charge is -2.13. The summed E-state index contributed by atoms with van der Waals surface area (Å²) >= 11 is 5.83. The predicted octanol–water partition coefficient (Wildman–Crippen LogP) is 4.37. The highest BCUT2D eigenvalue weighted by Crippen LogP contribution is 2.25. The molecule has 1 atom stereocenters. The first-order valence-electron chi connectivity index (χ1n) is 6.16. The van der Waals surface area contributed by atoms with Crippen LogP contribution in [0.4, 0.5) is 4.39 Å². The molecule has 0 fully saturated rings. The summed E-state index contributed by atoms with van der Waals surface area (Å²) < 4.78 is 13.6. The third-order valence-corrected chi connectivity index (χ3v) is 3.55. The van der Waals surface area contributed by atoms with Crippen molar-refractivity contribution in [3.05, 3.63) is 69.5 Å². The molecule has 0 heterocycles. The SMILES string of the molecule is Cc1ccc(CC(O)c2cc(Cl)ccc2F)cc1C. The quantitative estimate of drug-likeness (QED) is 0.884. The number of aliphatic hydroxyl groups is 1. The molecule has 19 heavy (non-hydrogen) atoms. The van der Waals surface area contributed by atoms with Crippen LogP contribution in [0, 0.1) is 19.7 Å². The summed E-state index contributed by atoms with van der Waals surface area (Å²) in [7, 11) is 0. The average molecular weight is 279 g/mol. The van der Waals surface area contributed by atoms with Gasteiger partial charge in [-0.3, -0.25) is 0 Å². The minimum atomic E-state index is -0.888. The second-order valence-corrected chi connectivity index (χ2v) is 5.24. The van der Waals surface area contributed by atoms with Gasteiger partial charge in [-0.1, -0.05) is 29.8 Å². The highest BCUT2D eigenvalue weighted by molar-refractivity contribution is 6.30. The van der Waals surface area contributed by atoms with Gasteiger partial charge in [-0.15, -0.1) is 0 Å². The summed E-state index contributed by atoms with van der Waals surface area (Å²) in [6, 6.07) is 10.2. The molecule has 0 aromatic heterocycles. The minimum absolute atomic E-state index is 0.241. The molecule has 2 aromatic carbocycles. The van der Waals surface area contributed by atoms with Crippen LogP contribution in [-0.4, -0.2) is 5.11 Å². The zero-order chi connectivity index (χ0) is 14.0. The Kier molecular flexibility index (Phi) is 4.23. The van der Waals surface area contributed by atoms with Crippen molar-refractivity contribution in [2.45, 2.75) is 26.4 Å². The molecular weight excluding hydrogens is 263 g/mol. The molecule has 3 heteroatoms. The Hall–Kier alpha value is -1.38. The van der Waals surface area contributed by atoms with Gasteiger partial charge in [0.15, 0.2) is 0 Å². The predicted molar refractivity (Wildman–Crippen MR) is 76.0 cm³/mol. The lowest BCUT2D eigenvalue weighted by atomic mass is 9.98. The Morgan fingerprint density at radius 1 is 1.11 bits per heavy atom. The lowest BCUT2D eigenvalue weighted by molar-refractivity contribution is 0.173. The van der Waals surface area contributed by atoms with E-state index in [2.05, 4.69) is 0 Å². The van der Waals surface area contributed by atoms with E-state index in [1.54, 1.807) is 0 Å². The second-order valence-electron chi connectivity index (χ2n) is 4.80. The molecule has 0 bridgehead atoms. The van der Waals surface area contributed by atoms with E-state index in [0.717, 1.165) is 11.1 Å². The summed E-state index contributed by atoms with van der Waals surface area (Å²) in [5, 5.41) is 10.6. The molecule has 0 radical (unpaired) electrons. The van der Waals surface area contributed by atoms with Crippen molar-refractivity contribution < 1.29 is 9.50 Å². The van der Waals surface area contributed by atoms with Gasteiger partial charge in [-0.05, 0) is 48.7 Å². The zero-order valence-electron chi connectivity index (χ0n) is 11.0. The first kappa shape index (κ1) is 14.0. The van der Waals surface area contributed by atoms with Gasteiger partial charge in [-0.25, -0.2) is 4.39 Å². The van der Waals surface area contributed by atoms with Crippen molar-refractivity contribution in [2.75, 3.05) is 0 Å². The van der Waals surface area contributed by atoms with Crippen LogP contribution in [0.5, 0.6) is 0 Å². The molecule has 0 spiro atoms. The van der Waals surface area contributed by atoms with E-state index in [1.165, 1.54) is 23.8 Å². The highest BCUT2D eigenvalue weighted by Gasteiger charge is 2.14. The van der Waals surface area contributed by atoms with Crippen LogP contribution in [0.25, 0.3) is 0 Å². The fourth-order valence-electron chi connectivity index (χ4n) is 2.03. The second kappa shape index (κ2) is 5.72. The van der Waals surface area contributed by atoms with E-state index in [4.69, 9.17) is 11.6 Å². The molecule has 1 unspecified atom stereocenters. The summed E-state index contributed by atoms with van der Waals surface area (Å²) in [6.07, 6.45) is -0.515. The number of hydrogen-bond donors (Lipinski definition) is 1. The molecule has 2 aromatic rings. The Labute approximate surface area is 117 Å². The van der Waals surface area contributed by atoms with Crippen LogP contribution < -0.4 is 0 Å². The van der Waals surface area contributed by atoms with Gasteiger partial charge < -0.3 is 5.11 Å². The molecule has 0 aliphatic carbocycles. The monoisotopic (exact) mass is 278 g/mol. The maximum atomic E-state index is 13.6. The van der Waals surface area contributed by atoms with Crippen LogP contribution in [0.15, 0.2) is 36.4 Å². The summed E-state index contributed by atoms with van der Waals surface area (Å²) in [6.45, 7) is 4.05. The Morgan fingerprint density at radius 3 is 2.53 bits per heavy atom. The molecule has 100 valence electrons. The topological polar surface area (TPSA) is 20.2 Å². The van der Waals surface area contributed by atoms with E-state index in [1.807, 2.05) is 32.0 Å². The number of aliphatic hydroxyl groups excluding tert-OH is 1. The van der Waals surface area contributed by atoms with Crippen molar-refractivity contribution in [1.29, 1.82) is 0 Å². The van der Waals surface area contributed by atoms with Crippen LogP contribution in [0.3, 0.4) is 0 Å². The molecule has 0 saturated carbocycles. The lowest BCUT2D eigenvalue weighted by Crippen LogP contribution is -2.05. The third kappa shape index (κ3) is 3.34. The maximum absolute atomic E-state index is 13.6. The molecule has 0 saturated heterocycles. The fourth-order valence-corrected chi connectivity index (χ4v) is 2.21. The first-order chi connectivity index (χ1) is 8.97. The number of aryl methyl sites for hydroxylation is 2. The summed E-state index contributed by atoms with van der Waals surface area (Å²) in [4.78, 5) is 0. The minimum Gasteiger partial charge on any atom is -0.388 e. The highest BCUT2D eigenvalue weighted by atomic mass is 35.5. The van der Waals surface area contributed by atoms with Gasteiger partial charge in [0.2, 0.25) is 0 Å². The van der Waals surface area contributed by atoms with Gasteiger partial charge in [0.05, 0.1) is 6.10 Å². The Balaban J connectivity index is 2.22. The Morgan fingerprint density at radius 2 is 1.84 bits per heavy atom. The molecule has 1 nitrogen and oxygen atoms in total. The number of benzene rings is 2. The molecule has 2 rings (SSSR count). The molecular formula is C16H16ClFO. The molecule has 1 N–H and O–H groups in total. The number of rotatable bonds is 3. The standard InChI is InChI=1S/C16H16ClFO/c1-10-3-4-12(7-11(10)2)8-16(19)14-9-13(17)5-6-15(14)18/h3-7,9,16,19H,8H2,1-2H3. The van der Waals surface area contributed by atoms with Crippen molar-refractivity contribution in [3.63, 3.8) is 0 Å². The normalized spacial score (nSPS) is 12.5. The molecule has 0 aliphatic rings. The van der Waals surface area contributed by atoms with Crippen molar-refractivity contribution >= 4 is 11.6 Å². The molecule has 0 aliphatic heterocycles. The van der Waals surface area contributed by atoms with E-state index in [-0.39, 0.29) is 5.56 Å². The van der Waals surface area contributed by atoms with E-state index >= 15 is 0 Å². The van der Waals surface area contributed by atoms with Crippen LogP contribution in [0.1, 0.15) is 28.4 Å². The van der Waals surface area contributed by atoms with Gasteiger partial charge in [0.1, 0.15) is 5.82 Å². The van der Waals surface area contributed by atoms with Crippen LogP contribution >= 0.6 is 11.6 Å². The van der Waals surface area contributed by atoms with Crippen molar-refractivity contribution in [3.8, 4) is 0 Å². The third-order valence-electron chi connectivity index (χ3n) is 3.32. The van der Waals surface area contributed by atoms with Crippen LogP contribution in [-0.2, 0) is 6.42 Å². The zero-order valence-corrected chi connectivity index (χ0v) is 11.7. The van der Waals surface area contributed by atoms with E-state index in [0.29, 0.717) is 11.4 Å². The summed E-state index contributed by atoms with van der Waals surface area (Å²) in [5.74, 6) is -0.430. The largest absolute Gasteiger partial charge is 0.388 e. The van der Waals surface area contributed by atoms with E-state index < -0.39 is 11.9 Å². The number of hydrogen-bond acceptors (Lipinski definition) is 1. The fraction of sp³-hybridized carbons (Fsp3) is 0.250. The van der Waals surface area contributed by atoms with Crippen LogP contribution in [0.2, 0.25) is 5.02 Å². The van der Waals surface area contributed by atoms with E-state index in [9.17, 15) is 9.50 Å². The Bertz CT molecular complexity index is 595. The number of halogens is 2. The van der Waals surface area contributed by atoms with Gasteiger partial charge >= 0.3 is 0 Å². The average Bonchev–Trinajstić information content (AvgIpc) is 2.36. The smallest absolute Gasteiger partial charge is 0.129 e. The first-order valence-corrected chi connectivity index (χ1v) is 6.54. The molecule has 0 amide bonds. The van der Waals surface area contributed by atoms with Crippen molar-refractivity contribution in [1.82, 2.24) is 0 Å². The maximum Gasteiger partial charge on any atom is 0.129 e. The summed E-state index contributed by atoms with van der Waals surface area (Å²) in [5.41, 5.74) is 3.59. The van der Waals surface area contributed by atoms with Crippen molar-refractivity contribution in [2.24, 2.45) is 0 Å². The van der Waals surface area contributed by atoms with Gasteiger partial charge in [0, 0.05) is 17.0 Å². The van der Waals surface area contributed by atoms with Gasteiger partial charge in [-0.2, -0.15) is 0 Å².